The van der Waals surface area contributed by atoms with E-state index in [-0.39, 0.29) is 11.7 Å². The molecule has 0 bridgehead atoms. The van der Waals surface area contributed by atoms with Gasteiger partial charge in [0, 0.05) is 31.1 Å². The van der Waals surface area contributed by atoms with Crippen molar-refractivity contribution in [1.82, 2.24) is 4.90 Å². The SMILES string of the molecule is CN1CCC2(CC1)C[C@H](Nc1ccc(C(F)(F)F)cc1[N+](=O)[O-])c1ccccc1O2. The van der Waals surface area contributed by atoms with Gasteiger partial charge in [-0.2, -0.15) is 13.2 Å². The minimum atomic E-state index is -4.65. The second kappa shape index (κ2) is 7.46. The maximum absolute atomic E-state index is 13.0. The fourth-order valence-electron chi connectivity index (χ4n) is 4.25. The van der Waals surface area contributed by atoms with Gasteiger partial charge in [-0.3, -0.25) is 10.1 Å². The number of nitro groups is 1. The standard InChI is InChI=1S/C21H22F3N3O3/c1-26-10-8-20(9-11-26)13-17(15-4-2-3-5-19(15)30-20)25-16-7-6-14(21(22,23)24)12-18(16)27(28)29/h2-7,12,17,25H,8-11,13H2,1H3/t17-/m0/s1. The summed E-state index contributed by atoms with van der Waals surface area (Å²) in [5.74, 6) is 0.709. The third kappa shape index (κ3) is 3.94. The van der Waals surface area contributed by atoms with E-state index >= 15 is 0 Å². The van der Waals surface area contributed by atoms with E-state index < -0.39 is 28.0 Å². The van der Waals surface area contributed by atoms with Crippen molar-refractivity contribution in [2.24, 2.45) is 0 Å². The Bertz CT molecular complexity index is 956. The van der Waals surface area contributed by atoms with Gasteiger partial charge >= 0.3 is 6.18 Å². The summed E-state index contributed by atoms with van der Waals surface area (Å²) in [6.45, 7) is 1.74. The Kier molecular flexibility index (Phi) is 5.09. The van der Waals surface area contributed by atoms with Gasteiger partial charge < -0.3 is 15.0 Å². The van der Waals surface area contributed by atoms with Crippen molar-refractivity contribution in [3.63, 3.8) is 0 Å². The molecule has 1 fully saturated rings. The van der Waals surface area contributed by atoms with E-state index in [1.165, 1.54) is 0 Å². The molecule has 2 aromatic carbocycles. The maximum atomic E-state index is 13.0. The number of nitro benzene ring substituents is 1. The van der Waals surface area contributed by atoms with Crippen LogP contribution in [0.3, 0.4) is 0 Å². The molecule has 0 saturated carbocycles. The summed E-state index contributed by atoms with van der Waals surface area (Å²) >= 11 is 0. The van der Waals surface area contributed by atoms with Crippen molar-refractivity contribution in [3.05, 3.63) is 63.7 Å². The number of alkyl halides is 3. The number of rotatable bonds is 3. The average Bonchev–Trinajstić information content (AvgIpc) is 2.70. The lowest BCUT2D eigenvalue weighted by Gasteiger charge is -2.46. The zero-order valence-electron chi connectivity index (χ0n) is 16.4. The highest BCUT2D eigenvalue weighted by Gasteiger charge is 2.43. The van der Waals surface area contributed by atoms with Crippen LogP contribution in [0.2, 0.25) is 0 Å². The molecule has 4 rings (SSSR count). The molecule has 1 saturated heterocycles. The molecule has 9 heteroatoms. The molecule has 0 amide bonds. The van der Waals surface area contributed by atoms with Crippen LogP contribution in [-0.4, -0.2) is 35.6 Å². The first-order valence-electron chi connectivity index (χ1n) is 9.76. The number of para-hydroxylation sites is 1. The number of ether oxygens (including phenoxy) is 1. The number of hydrogen-bond donors (Lipinski definition) is 1. The van der Waals surface area contributed by atoms with Gasteiger partial charge in [0.2, 0.25) is 0 Å². The van der Waals surface area contributed by atoms with Gasteiger partial charge in [0.25, 0.3) is 5.69 Å². The molecular formula is C21H22F3N3O3. The van der Waals surface area contributed by atoms with Crippen LogP contribution in [0.1, 0.15) is 36.4 Å². The number of halogens is 3. The lowest BCUT2D eigenvalue weighted by atomic mass is 9.80. The molecule has 2 heterocycles. The van der Waals surface area contributed by atoms with E-state index in [0.717, 1.165) is 43.6 Å². The smallest absolute Gasteiger partial charge is 0.416 e. The number of hydrogen-bond acceptors (Lipinski definition) is 5. The normalized spacial score (nSPS) is 21.0. The number of piperidine rings is 1. The lowest BCUT2D eigenvalue weighted by molar-refractivity contribution is -0.384. The van der Waals surface area contributed by atoms with Gasteiger partial charge in [-0.05, 0) is 38.1 Å². The summed E-state index contributed by atoms with van der Waals surface area (Å²) in [4.78, 5) is 12.9. The first kappa shape index (κ1) is 20.5. The number of likely N-dealkylation sites (tertiary alicyclic amines) is 1. The van der Waals surface area contributed by atoms with Crippen LogP contribution >= 0.6 is 0 Å². The fourth-order valence-corrected chi connectivity index (χ4v) is 4.25. The number of nitrogens with one attached hydrogen (secondary N) is 1. The summed E-state index contributed by atoms with van der Waals surface area (Å²) in [6.07, 6.45) is -2.45. The van der Waals surface area contributed by atoms with Crippen LogP contribution in [0.15, 0.2) is 42.5 Å². The predicted molar refractivity (Wildman–Crippen MR) is 106 cm³/mol. The lowest BCUT2D eigenvalue weighted by Crippen LogP contribution is -2.50. The van der Waals surface area contributed by atoms with E-state index in [9.17, 15) is 23.3 Å². The van der Waals surface area contributed by atoms with Crippen LogP contribution in [0.5, 0.6) is 5.75 Å². The Hall–Kier alpha value is -2.81. The minimum absolute atomic E-state index is 0.0674. The fraction of sp³-hybridized carbons (Fsp3) is 0.429. The van der Waals surface area contributed by atoms with Crippen LogP contribution < -0.4 is 10.1 Å². The second-order valence-electron chi connectivity index (χ2n) is 8.01. The monoisotopic (exact) mass is 421 g/mol. The first-order valence-corrected chi connectivity index (χ1v) is 9.76. The summed E-state index contributed by atoms with van der Waals surface area (Å²) in [5, 5.41) is 14.6. The van der Waals surface area contributed by atoms with Gasteiger partial charge in [-0.25, -0.2) is 0 Å². The molecule has 1 atom stereocenters. The molecule has 2 aliphatic heterocycles. The van der Waals surface area contributed by atoms with Crippen molar-refractivity contribution >= 4 is 11.4 Å². The predicted octanol–water partition coefficient (Wildman–Crippen LogP) is 5.01. The third-order valence-electron chi connectivity index (χ3n) is 5.95. The van der Waals surface area contributed by atoms with Crippen molar-refractivity contribution in [2.45, 2.75) is 37.1 Å². The van der Waals surface area contributed by atoms with E-state index in [1.54, 1.807) is 0 Å². The van der Waals surface area contributed by atoms with Crippen molar-refractivity contribution < 1.29 is 22.8 Å². The van der Waals surface area contributed by atoms with Crippen molar-refractivity contribution in [1.29, 1.82) is 0 Å². The molecule has 0 radical (unpaired) electrons. The van der Waals surface area contributed by atoms with Gasteiger partial charge in [0.05, 0.1) is 16.5 Å². The Morgan fingerprint density at radius 1 is 1.20 bits per heavy atom. The molecule has 160 valence electrons. The van der Waals surface area contributed by atoms with Gasteiger partial charge in [-0.1, -0.05) is 18.2 Å². The van der Waals surface area contributed by atoms with Gasteiger partial charge in [-0.15, -0.1) is 0 Å². The number of benzene rings is 2. The number of anilines is 1. The molecule has 0 aromatic heterocycles. The maximum Gasteiger partial charge on any atom is 0.416 e. The van der Waals surface area contributed by atoms with Crippen LogP contribution in [-0.2, 0) is 6.18 Å². The van der Waals surface area contributed by atoms with E-state index in [2.05, 4.69) is 10.2 Å². The number of fused-ring (bicyclic) bond motifs is 1. The molecular weight excluding hydrogens is 399 g/mol. The van der Waals surface area contributed by atoms with Crippen LogP contribution in [0.4, 0.5) is 24.5 Å². The zero-order valence-corrected chi connectivity index (χ0v) is 16.4. The molecule has 2 aliphatic rings. The van der Waals surface area contributed by atoms with Crippen molar-refractivity contribution in [2.75, 3.05) is 25.5 Å². The van der Waals surface area contributed by atoms with E-state index in [4.69, 9.17) is 4.74 Å². The summed E-state index contributed by atoms with van der Waals surface area (Å²) in [5.41, 5.74) is -1.13. The van der Waals surface area contributed by atoms with E-state index in [1.807, 2.05) is 31.3 Å². The summed E-state index contributed by atoms with van der Waals surface area (Å²) in [7, 11) is 2.05. The van der Waals surface area contributed by atoms with E-state index in [0.29, 0.717) is 18.2 Å². The molecule has 1 spiro atoms. The minimum Gasteiger partial charge on any atom is -0.487 e. The van der Waals surface area contributed by atoms with Crippen LogP contribution in [0.25, 0.3) is 0 Å². The zero-order chi connectivity index (χ0) is 21.5. The van der Waals surface area contributed by atoms with Gasteiger partial charge in [0.1, 0.15) is 17.0 Å². The second-order valence-corrected chi connectivity index (χ2v) is 8.01. The Balaban J connectivity index is 1.69. The third-order valence-corrected chi connectivity index (χ3v) is 5.95. The molecule has 0 unspecified atom stereocenters. The molecule has 0 aliphatic carbocycles. The quantitative estimate of drug-likeness (QED) is 0.557. The summed E-state index contributed by atoms with van der Waals surface area (Å²) < 4.78 is 45.4. The topological polar surface area (TPSA) is 67.6 Å². The molecule has 6 nitrogen and oxygen atoms in total. The largest absolute Gasteiger partial charge is 0.487 e. The molecule has 2 aromatic rings. The molecule has 30 heavy (non-hydrogen) atoms. The van der Waals surface area contributed by atoms with Crippen LogP contribution in [0, 0.1) is 10.1 Å². The first-order chi connectivity index (χ1) is 14.2. The Morgan fingerprint density at radius 3 is 2.57 bits per heavy atom. The summed E-state index contributed by atoms with van der Waals surface area (Å²) in [6, 6.07) is 9.74. The number of nitrogens with zero attached hydrogens (tertiary/aromatic N) is 2. The molecule has 1 N–H and O–H groups in total. The Labute approximate surface area is 171 Å². The highest BCUT2D eigenvalue weighted by Crippen LogP contribution is 2.46. The Morgan fingerprint density at radius 2 is 1.90 bits per heavy atom. The average molecular weight is 421 g/mol. The highest BCUT2D eigenvalue weighted by atomic mass is 19.4. The van der Waals surface area contributed by atoms with Crippen molar-refractivity contribution in [3.8, 4) is 5.75 Å². The highest BCUT2D eigenvalue weighted by molar-refractivity contribution is 5.64. The van der Waals surface area contributed by atoms with Gasteiger partial charge in [0.15, 0.2) is 0 Å².